The fourth-order valence-corrected chi connectivity index (χ4v) is 3.09. The van der Waals surface area contributed by atoms with Gasteiger partial charge < -0.3 is 5.32 Å². The van der Waals surface area contributed by atoms with Crippen molar-refractivity contribution in [3.8, 4) is 0 Å². The van der Waals surface area contributed by atoms with E-state index in [0.717, 1.165) is 41.0 Å². The molecule has 3 nitrogen and oxygen atoms in total. The summed E-state index contributed by atoms with van der Waals surface area (Å²) in [6.07, 6.45) is 8.47. The van der Waals surface area contributed by atoms with Crippen molar-refractivity contribution in [3.05, 3.63) is 89.7 Å². The average molecular weight is 385 g/mol. The van der Waals surface area contributed by atoms with E-state index < -0.39 is 0 Å². The van der Waals surface area contributed by atoms with Gasteiger partial charge in [-0.05, 0) is 60.4 Å². The van der Waals surface area contributed by atoms with E-state index in [1.165, 1.54) is 0 Å². The topological polar surface area (TPSA) is 42.0 Å². The van der Waals surface area contributed by atoms with Crippen molar-refractivity contribution in [2.75, 3.05) is 5.32 Å². The SMILES string of the molecule is CC(C)CCCC(=O)c1cccc(Nc2ccc(/C=C/c3ccccn3)cc2)c1. The first kappa shape index (κ1) is 20.5. The van der Waals surface area contributed by atoms with Crippen LogP contribution >= 0.6 is 0 Å². The Bertz CT molecular complexity index is 944. The minimum absolute atomic E-state index is 0.212. The highest BCUT2D eigenvalue weighted by molar-refractivity contribution is 5.97. The average Bonchev–Trinajstić information content (AvgIpc) is 2.74. The predicted molar refractivity (Wildman–Crippen MR) is 122 cm³/mol. The Kier molecular flexibility index (Phi) is 7.34. The van der Waals surface area contributed by atoms with E-state index in [0.29, 0.717) is 12.3 Å². The van der Waals surface area contributed by atoms with Crippen LogP contribution in [-0.4, -0.2) is 10.8 Å². The summed E-state index contributed by atoms with van der Waals surface area (Å²) in [5.41, 5.74) is 4.73. The monoisotopic (exact) mass is 384 g/mol. The third kappa shape index (κ3) is 6.72. The van der Waals surface area contributed by atoms with Gasteiger partial charge in [-0.2, -0.15) is 0 Å². The maximum Gasteiger partial charge on any atom is 0.162 e. The van der Waals surface area contributed by atoms with E-state index in [1.54, 1.807) is 6.20 Å². The summed E-state index contributed by atoms with van der Waals surface area (Å²) in [6, 6.07) is 21.8. The predicted octanol–water partition coefficient (Wildman–Crippen LogP) is 7.00. The van der Waals surface area contributed by atoms with E-state index in [-0.39, 0.29) is 5.78 Å². The molecule has 0 saturated carbocycles. The molecule has 0 spiro atoms. The van der Waals surface area contributed by atoms with E-state index in [4.69, 9.17) is 0 Å². The number of benzene rings is 2. The number of nitrogens with zero attached hydrogens (tertiary/aromatic N) is 1. The maximum atomic E-state index is 12.4. The smallest absolute Gasteiger partial charge is 0.162 e. The third-order valence-electron chi connectivity index (χ3n) is 4.70. The lowest BCUT2D eigenvalue weighted by atomic mass is 10.0. The molecular formula is C26H28N2O. The van der Waals surface area contributed by atoms with Crippen molar-refractivity contribution in [1.82, 2.24) is 4.98 Å². The van der Waals surface area contributed by atoms with E-state index in [2.05, 4.69) is 36.3 Å². The highest BCUT2D eigenvalue weighted by Gasteiger charge is 2.07. The molecule has 3 heteroatoms. The number of pyridine rings is 1. The Balaban J connectivity index is 1.60. The van der Waals surface area contributed by atoms with Gasteiger partial charge in [0.05, 0.1) is 5.69 Å². The molecule has 3 aromatic rings. The van der Waals surface area contributed by atoms with Gasteiger partial charge in [0.2, 0.25) is 0 Å². The van der Waals surface area contributed by atoms with Crippen LogP contribution in [0.15, 0.2) is 72.9 Å². The Morgan fingerprint density at radius 3 is 2.52 bits per heavy atom. The second kappa shape index (κ2) is 10.4. The van der Waals surface area contributed by atoms with Crippen LogP contribution in [0, 0.1) is 5.92 Å². The van der Waals surface area contributed by atoms with Gasteiger partial charge in [-0.1, -0.05) is 56.7 Å². The lowest BCUT2D eigenvalue weighted by Gasteiger charge is -2.09. The molecular weight excluding hydrogens is 356 g/mol. The van der Waals surface area contributed by atoms with Gasteiger partial charge in [-0.15, -0.1) is 0 Å². The zero-order valence-electron chi connectivity index (χ0n) is 17.1. The molecule has 0 amide bonds. The Morgan fingerprint density at radius 2 is 1.79 bits per heavy atom. The zero-order valence-corrected chi connectivity index (χ0v) is 17.1. The van der Waals surface area contributed by atoms with Gasteiger partial charge in [-0.3, -0.25) is 9.78 Å². The highest BCUT2D eigenvalue weighted by atomic mass is 16.1. The molecule has 0 saturated heterocycles. The molecule has 0 unspecified atom stereocenters. The van der Waals surface area contributed by atoms with Gasteiger partial charge >= 0.3 is 0 Å². The van der Waals surface area contributed by atoms with Crippen LogP contribution < -0.4 is 5.32 Å². The van der Waals surface area contributed by atoms with Crippen LogP contribution in [0.25, 0.3) is 12.2 Å². The molecule has 0 aliphatic carbocycles. The van der Waals surface area contributed by atoms with Crippen LogP contribution in [0.4, 0.5) is 11.4 Å². The van der Waals surface area contributed by atoms with Crippen LogP contribution in [-0.2, 0) is 0 Å². The first-order valence-electron chi connectivity index (χ1n) is 10.2. The lowest BCUT2D eigenvalue weighted by molar-refractivity contribution is 0.0978. The van der Waals surface area contributed by atoms with Gasteiger partial charge in [0.25, 0.3) is 0 Å². The first-order valence-corrected chi connectivity index (χ1v) is 10.2. The molecule has 1 N–H and O–H groups in total. The van der Waals surface area contributed by atoms with Gasteiger partial charge in [0.1, 0.15) is 0 Å². The molecule has 0 aliphatic heterocycles. The summed E-state index contributed by atoms with van der Waals surface area (Å²) in [5.74, 6) is 0.849. The second-order valence-corrected chi connectivity index (χ2v) is 7.63. The Labute approximate surface area is 173 Å². The Hall–Kier alpha value is -3.20. The van der Waals surface area contributed by atoms with Crippen LogP contribution in [0.5, 0.6) is 0 Å². The number of carbonyl (C=O) groups is 1. The number of carbonyl (C=O) groups excluding carboxylic acids is 1. The number of hydrogen-bond donors (Lipinski definition) is 1. The molecule has 29 heavy (non-hydrogen) atoms. The van der Waals surface area contributed by atoms with Gasteiger partial charge in [-0.25, -0.2) is 0 Å². The molecule has 1 aromatic heterocycles. The van der Waals surface area contributed by atoms with Gasteiger partial charge in [0.15, 0.2) is 5.78 Å². The van der Waals surface area contributed by atoms with Crippen molar-refractivity contribution < 1.29 is 4.79 Å². The van der Waals surface area contributed by atoms with Crippen LogP contribution in [0.2, 0.25) is 0 Å². The number of Topliss-reactive ketones (excluding diaryl/α,β-unsaturated/α-hetero) is 1. The quantitative estimate of drug-likeness (QED) is 0.404. The summed E-state index contributed by atoms with van der Waals surface area (Å²) >= 11 is 0. The zero-order chi connectivity index (χ0) is 20.5. The molecule has 1 heterocycles. The largest absolute Gasteiger partial charge is 0.356 e. The second-order valence-electron chi connectivity index (χ2n) is 7.63. The molecule has 3 rings (SSSR count). The minimum atomic E-state index is 0.212. The molecule has 0 fully saturated rings. The number of hydrogen-bond acceptors (Lipinski definition) is 3. The molecule has 0 bridgehead atoms. The molecule has 0 aliphatic rings. The number of ketones is 1. The first-order chi connectivity index (χ1) is 14.1. The van der Waals surface area contributed by atoms with Gasteiger partial charge in [0, 0.05) is 29.6 Å². The summed E-state index contributed by atoms with van der Waals surface area (Å²) in [5, 5.41) is 3.39. The van der Waals surface area contributed by atoms with Crippen molar-refractivity contribution in [2.24, 2.45) is 5.92 Å². The fourth-order valence-electron chi connectivity index (χ4n) is 3.09. The van der Waals surface area contributed by atoms with Crippen molar-refractivity contribution in [1.29, 1.82) is 0 Å². The molecule has 2 aromatic carbocycles. The van der Waals surface area contributed by atoms with E-state index >= 15 is 0 Å². The van der Waals surface area contributed by atoms with E-state index in [9.17, 15) is 4.79 Å². The normalized spacial score (nSPS) is 11.1. The van der Waals surface area contributed by atoms with Crippen molar-refractivity contribution in [3.63, 3.8) is 0 Å². The van der Waals surface area contributed by atoms with E-state index in [1.807, 2.05) is 66.7 Å². The van der Waals surface area contributed by atoms with Crippen molar-refractivity contribution in [2.45, 2.75) is 33.1 Å². The summed E-state index contributed by atoms with van der Waals surface area (Å²) in [7, 11) is 0. The third-order valence-corrected chi connectivity index (χ3v) is 4.70. The molecule has 0 radical (unpaired) electrons. The highest BCUT2D eigenvalue weighted by Crippen LogP contribution is 2.20. The maximum absolute atomic E-state index is 12.4. The Morgan fingerprint density at radius 1 is 0.966 bits per heavy atom. The fraction of sp³-hybridized carbons (Fsp3) is 0.231. The summed E-state index contributed by atoms with van der Waals surface area (Å²) in [6.45, 7) is 4.38. The van der Waals surface area contributed by atoms with Crippen molar-refractivity contribution >= 4 is 29.3 Å². The summed E-state index contributed by atoms with van der Waals surface area (Å²) < 4.78 is 0. The number of rotatable bonds is 9. The minimum Gasteiger partial charge on any atom is -0.356 e. The molecule has 0 atom stereocenters. The number of aromatic nitrogens is 1. The number of nitrogens with one attached hydrogen (secondary N) is 1. The summed E-state index contributed by atoms with van der Waals surface area (Å²) in [4.78, 5) is 16.7. The van der Waals surface area contributed by atoms with Crippen LogP contribution in [0.3, 0.4) is 0 Å². The van der Waals surface area contributed by atoms with Crippen LogP contribution in [0.1, 0.15) is 54.7 Å². The standard InChI is InChI=1S/C26H28N2O/c1-20(2)7-5-11-26(29)22-8-6-10-25(19-22)28-24-16-13-21(14-17-24)12-15-23-9-3-4-18-27-23/h3-4,6,8-10,12-20,28H,5,7,11H2,1-2H3/b15-12+. The molecule has 148 valence electrons. The number of anilines is 2. The lowest BCUT2D eigenvalue weighted by Crippen LogP contribution is -2.01.